The number of hydrogen-bond acceptors (Lipinski definition) is 3. The summed E-state index contributed by atoms with van der Waals surface area (Å²) < 4.78 is 0. The Bertz CT molecular complexity index is 490. The molecule has 0 saturated heterocycles. The zero-order valence-electron chi connectivity index (χ0n) is 9.18. The number of aryl methyl sites for hydroxylation is 1. The number of carboxylic acids is 1. The Labute approximate surface area is 98.3 Å². The van der Waals surface area contributed by atoms with Crippen LogP contribution in [0.1, 0.15) is 39.1 Å². The highest BCUT2D eigenvalue weighted by Gasteiger charge is 2.27. The summed E-state index contributed by atoms with van der Waals surface area (Å²) in [5, 5.41) is 8.86. The maximum atomic E-state index is 12.0. The molecule has 1 aromatic rings. The zero-order chi connectivity index (χ0) is 12.4. The van der Waals surface area contributed by atoms with Gasteiger partial charge >= 0.3 is 5.97 Å². The van der Waals surface area contributed by atoms with Crippen molar-refractivity contribution in [1.82, 2.24) is 0 Å². The fourth-order valence-corrected chi connectivity index (χ4v) is 2.20. The Balaban J connectivity index is 2.35. The fraction of sp³-hybridized carbons (Fsp3) is 0.308. The summed E-state index contributed by atoms with van der Waals surface area (Å²) in [6, 6.07) is 4.53. The molecular weight excluding hydrogens is 220 g/mol. The molecule has 0 radical (unpaired) electrons. The summed E-state index contributed by atoms with van der Waals surface area (Å²) in [5.74, 6) is -1.28. The van der Waals surface area contributed by atoms with Crippen LogP contribution in [0.15, 0.2) is 18.2 Å². The van der Waals surface area contributed by atoms with Crippen molar-refractivity contribution in [2.75, 3.05) is 0 Å². The van der Waals surface area contributed by atoms with Crippen molar-refractivity contribution in [3.8, 4) is 0 Å². The lowest BCUT2D eigenvalue weighted by Gasteiger charge is -2.21. The SMILES string of the molecule is O=CCC1CCc2cc(C(=O)O)ccc2C1=O. The average Bonchev–Trinajstić information content (AvgIpc) is 2.32. The molecule has 0 fully saturated rings. The van der Waals surface area contributed by atoms with Crippen molar-refractivity contribution in [3.63, 3.8) is 0 Å². The third-order valence-corrected chi connectivity index (χ3v) is 3.13. The first-order valence-corrected chi connectivity index (χ1v) is 5.47. The lowest BCUT2D eigenvalue weighted by Crippen LogP contribution is -2.23. The van der Waals surface area contributed by atoms with Gasteiger partial charge in [-0.3, -0.25) is 4.79 Å². The molecule has 0 saturated carbocycles. The van der Waals surface area contributed by atoms with Crippen LogP contribution in [0.4, 0.5) is 0 Å². The number of fused-ring (bicyclic) bond motifs is 1. The molecule has 88 valence electrons. The normalized spacial score (nSPS) is 18.6. The van der Waals surface area contributed by atoms with Crippen LogP contribution >= 0.6 is 0 Å². The van der Waals surface area contributed by atoms with Gasteiger partial charge in [-0.05, 0) is 30.5 Å². The molecule has 1 atom stereocenters. The standard InChI is InChI=1S/C13H12O4/c14-6-5-8-1-2-9-7-10(13(16)17)3-4-11(9)12(8)15/h3-4,6-8H,1-2,5H2,(H,16,17). The van der Waals surface area contributed by atoms with Crippen molar-refractivity contribution < 1.29 is 19.5 Å². The van der Waals surface area contributed by atoms with E-state index < -0.39 is 5.97 Å². The molecule has 4 heteroatoms. The topological polar surface area (TPSA) is 71.4 Å². The molecule has 1 unspecified atom stereocenters. The number of Topliss-reactive ketones (excluding diaryl/α,β-unsaturated/α-hetero) is 1. The van der Waals surface area contributed by atoms with E-state index in [1.165, 1.54) is 6.07 Å². The first kappa shape index (κ1) is 11.5. The second-order valence-corrected chi connectivity index (χ2v) is 4.18. The lowest BCUT2D eigenvalue weighted by molar-refractivity contribution is -0.108. The van der Waals surface area contributed by atoms with Gasteiger partial charge in [0.1, 0.15) is 6.29 Å². The van der Waals surface area contributed by atoms with Gasteiger partial charge in [-0.25, -0.2) is 4.79 Å². The number of benzene rings is 1. The average molecular weight is 232 g/mol. The van der Waals surface area contributed by atoms with Gasteiger partial charge in [-0.15, -0.1) is 0 Å². The molecule has 4 nitrogen and oxygen atoms in total. The molecule has 0 heterocycles. The summed E-state index contributed by atoms with van der Waals surface area (Å²) in [4.78, 5) is 33.2. The number of ketones is 1. The molecular formula is C13H12O4. The summed E-state index contributed by atoms with van der Waals surface area (Å²) in [6.07, 6.45) is 2.28. The molecule has 1 aliphatic rings. The number of carboxylic acid groups (broad SMARTS) is 1. The van der Waals surface area contributed by atoms with Crippen LogP contribution in [0.25, 0.3) is 0 Å². The molecule has 1 N–H and O–H groups in total. The molecule has 0 spiro atoms. The van der Waals surface area contributed by atoms with Gasteiger partial charge in [0.15, 0.2) is 5.78 Å². The molecule has 0 aliphatic heterocycles. The smallest absolute Gasteiger partial charge is 0.335 e. The maximum Gasteiger partial charge on any atom is 0.335 e. The van der Waals surface area contributed by atoms with Crippen LogP contribution in [0.3, 0.4) is 0 Å². The first-order valence-electron chi connectivity index (χ1n) is 5.47. The first-order chi connectivity index (χ1) is 8.13. The minimum absolute atomic E-state index is 0.0460. The monoisotopic (exact) mass is 232 g/mol. The van der Waals surface area contributed by atoms with Gasteiger partial charge < -0.3 is 9.90 Å². The second kappa shape index (κ2) is 4.49. The minimum atomic E-state index is -0.990. The van der Waals surface area contributed by atoms with Crippen molar-refractivity contribution in [3.05, 3.63) is 34.9 Å². The number of carbonyl (C=O) groups is 3. The molecule has 0 aromatic heterocycles. The van der Waals surface area contributed by atoms with Crippen molar-refractivity contribution in [2.24, 2.45) is 5.92 Å². The number of aldehydes is 1. The van der Waals surface area contributed by atoms with E-state index in [-0.39, 0.29) is 23.7 Å². The number of rotatable bonds is 3. The third-order valence-electron chi connectivity index (χ3n) is 3.13. The maximum absolute atomic E-state index is 12.0. The predicted octanol–water partition coefficient (Wildman–Crippen LogP) is 1.72. The highest BCUT2D eigenvalue weighted by molar-refractivity contribution is 6.02. The molecule has 0 amide bonds. The van der Waals surface area contributed by atoms with E-state index >= 15 is 0 Å². The Kier molecular flexibility index (Phi) is 3.04. The van der Waals surface area contributed by atoms with Crippen LogP contribution in [0.2, 0.25) is 0 Å². The highest BCUT2D eigenvalue weighted by Crippen LogP contribution is 2.27. The molecule has 17 heavy (non-hydrogen) atoms. The molecule has 0 bridgehead atoms. The van der Waals surface area contributed by atoms with Crippen LogP contribution in [0.5, 0.6) is 0 Å². The largest absolute Gasteiger partial charge is 0.478 e. The predicted molar refractivity (Wildman–Crippen MR) is 60.2 cm³/mol. The van der Waals surface area contributed by atoms with Gasteiger partial charge in [0.2, 0.25) is 0 Å². The number of carbonyl (C=O) groups excluding carboxylic acids is 2. The van der Waals surface area contributed by atoms with E-state index in [9.17, 15) is 14.4 Å². The second-order valence-electron chi connectivity index (χ2n) is 4.18. The van der Waals surface area contributed by atoms with E-state index in [0.29, 0.717) is 18.4 Å². The van der Waals surface area contributed by atoms with E-state index in [1.807, 2.05) is 0 Å². The van der Waals surface area contributed by atoms with E-state index in [0.717, 1.165) is 11.8 Å². The van der Waals surface area contributed by atoms with Gasteiger partial charge in [0, 0.05) is 17.9 Å². The lowest BCUT2D eigenvalue weighted by atomic mass is 9.81. The van der Waals surface area contributed by atoms with Crippen molar-refractivity contribution in [1.29, 1.82) is 0 Å². The van der Waals surface area contributed by atoms with Crippen LogP contribution in [-0.4, -0.2) is 23.1 Å². The van der Waals surface area contributed by atoms with Gasteiger partial charge in [-0.2, -0.15) is 0 Å². The summed E-state index contributed by atoms with van der Waals surface area (Å²) in [6.45, 7) is 0. The van der Waals surface area contributed by atoms with Gasteiger partial charge in [-0.1, -0.05) is 6.07 Å². The van der Waals surface area contributed by atoms with Gasteiger partial charge in [0.25, 0.3) is 0 Å². The molecule has 1 aliphatic carbocycles. The Morgan fingerprint density at radius 2 is 2.24 bits per heavy atom. The minimum Gasteiger partial charge on any atom is -0.478 e. The van der Waals surface area contributed by atoms with Gasteiger partial charge in [0.05, 0.1) is 5.56 Å². The summed E-state index contributed by atoms with van der Waals surface area (Å²) >= 11 is 0. The van der Waals surface area contributed by atoms with E-state index in [2.05, 4.69) is 0 Å². The summed E-state index contributed by atoms with van der Waals surface area (Å²) in [7, 11) is 0. The van der Waals surface area contributed by atoms with Crippen LogP contribution in [-0.2, 0) is 11.2 Å². The molecule has 1 aromatic carbocycles. The van der Waals surface area contributed by atoms with Crippen molar-refractivity contribution >= 4 is 18.0 Å². The quantitative estimate of drug-likeness (QED) is 0.805. The van der Waals surface area contributed by atoms with Crippen LogP contribution in [0, 0.1) is 5.92 Å². The number of aromatic carboxylic acids is 1. The van der Waals surface area contributed by atoms with Crippen molar-refractivity contribution in [2.45, 2.75) is 19.3 Å². The number of hydrogen-bond donors (Lipinski definition) is 1. The fourth-order valence-electron chi connectivity index (χ4n) is 2.20. The Hall–Kier alpha value is -1.97. The van der Waals surface area contributed by atoms with E-state index in [1.54, 1.807) is 12.1 Å². The Morgan fingerprint density at radius 1 is 1.47 bits per heavy atom. The van der Waals surface area contributed by atoms with Crippen LogP contribution < -0.4 is 0 Å². The Morgan fingerprint density at radius 3 is 2.88 bits per heavy atom. The third kappa shape index (κ3) is 2.11. The molecule has 2 rings (SSSR count). The van der Waals surface area contributed by atoms with E-state index in [4.69, 9.17) is 5.11 Å². The summed E-state index contributed by atoms with van der Waals surface area (Å²) in [5.41, 5.74) is 1.54. The highest BCUT2D eigenvalue weighted by atomic mass is 16.4. The zero-order valence-corrected chi connectivity index (χ0v) is 9.18.